The highest BCUT2D eigenvalue weighted by Crippen LogP contribution is 2.23. The first-order valence-corrected chi connectivity index (χ1v) is 7.68. The first kappa shape index (κ1) is 18.4. The maximum Gasteiger partial charge on any atom is 0.255 e. The number of rotatable bonds is 7. The lowest BCUT2D eigenvalue weighted by atomic mass is 10.0. The van der Waals surface area contributed by atoms with Crippen LogP contribution in [0.3, 0.4) is 0 Å². The monoisotopic (exact) mass is 348 g/mol. The normalized spacial score (nSPS) is 11.6. The van der Waals surface area contributed by atoms with Crippen molar-refractivity contribution in [2.45, 2.75) is 19.4 Å². The van der Waals surface area contributed by atoms with Crippen LogP contribution in [0.15, 0.2) is 42.5 Å². The standard InChI is InChI=1S/C18H18F2N2O3/c1-2-15(12-8-7-11(19)9-14(12)20)22-18(24)13-5-3-4-6-16(13)25-10-17(21)23/h3-9,15H,2,10H2,1H3,(H2,21,23)(H,22,24)/t15-/m0/s1. The van der Waals surface area contributed by atoms with E-state index in [1.54, 1.807) is 19.1 Å². The fraction of sp³-hybridized carbons (Fsp3) is 0.222. The van der Waals surface area contributed by atoms with Crippen LogP contribution < -0.4 is 15.8 Å². The molecule has 7 heteroatoms. The van der Waals surface area contributed by atoms with E-state index in [0.717, 1.165) is 12.1 Å². The number of hydrogen-bond donors (Lipinski definition) is 2. The molecule has 0 spiro atoms. The molecule has 0 saturated heterocycles. The van der Waals surface area contributed by atoms with Gasteiger partial charge in [-0.15, -0.1) is 0 Å². The quantitative estimate of drug-likeness (QED) is 0.807. The first-order valence-electron chi connectivity index (χ1n) is 7.68. The third-order valence-corrected chi connectivity index (χ3v) is 3.55. The number of ether oxygens (including phenoxy) is 1. The van der Waals surface area contributed by atoms with Crippen LogP contribution in [0.4, 0.5) is 8.78 Å². The molecule has 2 aromatic rings. The predicted molar refractivity (Wildman–Crippen MR) is 88.0 cm³/mol. The van der Waals surface area contributed by atoms with Crippen LogP contribution in [0.1, 0.15) is 35.3 Å². The van der Waals surface area contributed by atoms with Crippen molar-refractivity contribution in [3.63, 3.8) is 0 Å². The molecule has 0 radical (unpaired) electrons. The number of hydrogen-bond acceptors (Lipinski definition) is 3. The first-order chi connectivity index (χ1) is 11.9. The summed E-state index contributed by atoms with van der Waals surface area (Å²) in [6, 6.07) is 8.88. The Kier molecular flexibility index (Phi) is 6.05. The highest BCUT2D eigenvalue weighted by Gasteiger charge is 2.20. The molecule has 0 fully saturated rings. The number of para-hydroxylation sites is 1. The minimum Gasteiger partial charge on any atom is -0.483 e. The number of benzene rings is 2. The number of nitrogens with two attached hydrogens (primary N) is 1. The minimum atomic E-state index is -0.731. The van der Waals surface area contributed by atoms with Gasteiger partial charge in [-0.1, -0.05) is 25.1 Å². The summed E-state index contributed by atoms with van der Waals surface area (Å²) in [5.74, 6) is -2.41. The molecule has 2 rings (SSSR count). The van der Waals surface area contributed by atoms with Gasteiger partial charge in [-0.3, -0.25) is 9.59 Å². The molecule has 0 heterocycles. The van der Waals surface area contributed by atoms with Crippen molar-refractivity contribution in [2.24, 2.45) is 5.73 Å². The summed E-state index contributed by atoms with van der Waals surface area (Å²) in [5, 5.41) is 2.69. The molecule has 0 unspecified atom stereocenters. The Morgan fingerprint density at radius 1 is 1.20 bits per heavy atom. The average molecular weight is 348 g/mol. The van der Waals surface area contributed by atoms with Crippen LogP contribution >= 0.6 is 0 Å². The summed E-state index contributed by atoms with van der Waals surface area (Å²) in [7, 11) is 0. The summed E-state index contributed by atoms with van der Waals surface area (Å²) in [6.45, 7) is 1.40. The van der Waals surface area contributed by atoms with Crippen LogP contribution in [-0.2, 0) is 4.79 Å². The minimum absolute atomic E-state index is 0.185. The van der Waals surface area contributed by atoms with Crippen molar-refractivity contribution in [3.8, 4) is 5.75 Å². The van der Waals surface area contributed by atoms with Gasteiger partial charge in [-0.2, -0.15) is 0 Å². The highest BCUT2D eigenvalue weighted by atomic mass is 19.1. The molecule has 132 valence electrons. The third-order valence-electron chi connectivity index (χ3n) is 3.55. The molecule has 2 amide bonds. The fourth-order valence-corrected chi connectivity index (χ4v) is 2.35. The summed E-state index contributed by atoms with van der Waals surface area (Å²) >= 11 is 0. The summed E-state index contributed by atoms with van der Waals surface area (Å²) < 4.78 is 32.2. The molecule has 0 aliphatic carbocycles. The molecule has 3 N–H and O–H groups in total. The molecule has 0 saturated carbocycles. The van der Waals surface area contributed by atoms with Crippen LogP contribution in [-0.4, -0.2) is 18.4 Å². The number of amides is 2. The Balaban J connectivity index is 2.21. The zero-order valence-corrected chi connectivity index (χ0v) is 13.6. The molecule has 5 nitrogen and oxygen atoms in total. The molecule has 0 bridgehead atoms. The lowest BCUT2D eigenvalue weighted by Crippen LogP contribution is -2.29. The topological polar surface area (TPSA) is 81.4 Å². The second kappa shape index (κ2) is 8.23. The zero-order valence-electron chi connectivity index (χ0n) is 13.6. The fourth-order valence-electron chi connectivity index (χ4n) is 2.35. The van der Waals surface area contributed by atoms with E-state index >= 15 is 0 Å². The summed E-state index contributed by atoms with van der Waals surface area (Å²) in [6.07, 6.45) is 0.401. The lowest BCUT2D eigenvalue weighted by molar-refractivity contribution is -0.119. The molecule has 0 aliphatic rings. The Morgan fingerprint density at radius 2 is 1.92 bits per heavy atom. The van der Waals surface area contributed by atoms with E-state index in [2.05, 4.69) is 5.32 Å². The molecular weight excluding hydrogens is 330 g/mol. The third kappa shape index (κ3) is 4.76. The molecule has 2 aromatic carbocycles. The predicted octanol–water partition coefficient (Wildman–Crippen LogP) is 2.71. The van der Waals surface area contributed by atoms with E-state index in [9.17, 15) is 18.4 Å². The van der Waals surface area contributed by atoms with Gasteiger partial charge < -0.3 is 15.8 Å². The van der Waals surface area contributed by atoms with Crippen molar-refractivity contribution < 1.29 is 23.1 Å². The van der Waals surface area contributed by atoms with E-state index in [1.807, 2.05) is 0 Å². The van der Waals surface area contributed by atoms with Gasteiger partial charge in [-0.05, 0) is 24.6 Å². The second-order valence-electron chi connectivity index (χ2n) is 5.35. The number of carbonyl (C=O) groups excluding carboxylic acids is 2. The Morgan fingerprint density at radius 3 is 2.56 bits per heavy atom. The van der Waals surface area contributed by atoms with Gasteiger partial charge in [0.15, 0.2) is 6.61 Å². The van der Waals surface area contributed by atoms with Gasteiger partial charge in [-0.25, -0.2) is 8.78 Å². The van der Waals surface area contributed by atoms with Crippen molar-refractivity contribution in [1.82, 2.24) is 5.32 Å². The largest absolute Gasteiger partial charge is 0.483 e. The van der Waals surface area contributed by atoms with Gasteiger partial charge in [0.1, 0.15) is 17.4 Å². The molecule has 25 heavy (non-hydrogen) atoms. The van der Waals surface area contributed by atoms with Gasteiger partial charge in [0, 0.05) is 11.6 Å². The van der Waals surface area contributed by atoms with Gasteiger partial charge in [0.2, 0.25) is 0 Å². The van der Waals surface area contributed by atoms with Crippen LogP contribution in [0.2, 0.25) is 0 Å². The summed E-state index contributed by atoms with van der Waals surface area (Å²) in [5.41, 5.74) is 5.41. The van der Waals surface area contributed by atoms with Gasteiger partial charge in [0.05, 0.1) is 11.6 Å². The van der Waals surface area contributed by atoms with Crippen molar-refractivity contribution in [3.05, 3.63) is 65.2 Å². The Labute approximate surface area is 143 Å². The second-order valence-corrected chi connectivity index (χ2v) is 5.35. The van der Waals surface area contributed by atoms with Gasteiger partial charge in [0.25, 0.3) is 11.8 Å². The molecule has 0 aromatic heterocycles. The molecule has 1 atom stereocenters. The van der Waals surface area contributed by atoms with Crippen LogP contribution in [0, 0.1) is 11.6 Å². The Hall–Kier alpha value is -2.96. The van der Waals surface area contributed by atoms with Crippen LogP contribution in [0.25, 0.3) is 0 Å². The van der Waals surface area contributed by atoms with E-state index in [4.69, 9.17) is 10.5 Å². The number of nitrogens with one attached hydrogen (secondary N) is 1. The number of carbonyl (C=O) groups is 2. The van der Waals surface area contributed by atoms with E-state index < -0.39 is 29.5 Å². The van der Waals surface area contributed by atoms with Crippen LogP contribution in [0.5, 0.6) is 5.75 Å². The maximum absolute atomic E-state index is 14.0. The van der Waals surface area contributed by atoms with E-state index in [1.165, 1.54) is 18.2 Å². The number of halogens is 2. The molecular formula is C18H18F2N2O3. The summed E-state index contributed by atoms with van der Waals surface area (Å²) in [4.78, 5) is 23.4. The smallest absolute Gasteiger partial charge is 0.255 e. The van der Waals surface area contributed by atoms with Crippen molar-refractivity contribution >= 4 is 11.8 Å². The van der Waals surface area contributed by atoms with Crippen molar-refractivity contribution in [2.75, 3.05) is 6.61 Å². The zero-order chi connectivity index (χ0) is 18.4. The van der Waals surface area contributed by atoms with E-state index in [0.29, 0.717) is 6.42 Å². The number of primary amides is 1. The lowest BCUT2D eigenvalue weighted by Gasteiger charge is -2.19. The highest BCUT2D eigenvalue weighted by molar-refractivity contribution is 5.97. The average Bonchev–Trinajstić information content (AvgIpc) is 2.58. The van der Waals surface area contributed by atoms with E-state index in [-0.39, 0.29) is 23.5 Å². The Bertz CT molecular complexity index is 781. The SMILES string of the molecule is CC[C@H](NC(=O)c1ccccc1OCC(N)=O)c1ccc(F)cc1F. The molecule has 0 aliphatic heterocycles. The van der Waals surface area contributed by atoms with Gasteiger partial charge >= 0.3 is 0 Å². The maximum atomic E-state index is 14.0. The van der Waals surface area contributed by atoms with Crippen molar-refractivity contribution in [1.29, 1.82) is 0 Å².